The summed E-state index contributed by atoms with van der Waals surface area (Å²) in [6.07, 6.45) is 2.42. The second kappa shape index (κ2) is 9.33. The van der Waals surface area contributed by atoms with E-state index in [0.29, 0.717) is 25.1 Å². The molecule has 2 aromatic carbocycles. The van der Waals surface area contributed by atoms with Crippen LogP contribution in [0.3, 0.4) is 0 Å². The number of para-hydroxylation sites is 1. The molecule has 0 unspecified atom stereocenters. The molecule has 0 spiro atoms. The average molecular weight is 366 g/mol. The number of amides is 1. The molecule has 142 valence electrons. The molecule has 1 fully saturated rings. The molecule has 1 saturated heterocycles. The summed E-state index contributed by atoms with van der Waals surface area (Å²) < 4.78 is 0. The van der Waals surface area contributed by atoms with Gasteiger partial charge >= 0.3 is 5.97 Å². The van der Waals surface area contributed by atoms with Crippen LogP contribution in [0.4, 0.5) is 5.69 Å². The van der Waals surface area contributed by atoms with E-state index in [1.54, 1.807) is 17.2 Å². The van der Waals surface area contributed by atoms with Crippen molar-refractivity contribution < 1.29 is 14.4 Å². The van der Waals surface area contributed by atoms with Gasteiger partial charge in [0.25, 0.3) is 0 Å². The quantitative estimate of drug-likeness (QED) is 0.778. The Balaban J connectivity index is 1.63. The molecular weight excluding hydrogens is 340 g/mol. The summed E-state index contributed by atoms with van der Waals surface area (Å²) in [6.45, 7) is 3.88. The summed E-state index contributed by atoms with van der Waals surface area (Å²) in [7, 11) is 0. The first-order valence-corrected chi connectivity index (χ1v) is 9.55. The Kier molecular flexibility index (Phi) is 6.60. The van der Waals surface area contributed by atoms with Crippen molar-refractivity contribution in [2.45, 2.75) is 26.2 Å². The number of carbonyl (C=O) groups excluding carboxylic acids is 2. The van der Waals surface area contributed by atoms with E-state index in [4.69, 9.17) is 4.84 Å². The molecule has 5 nitrogen and oxygen atoms in total. The van der Waals surface area contributed by atoms with Crippen molar-refractivity contribution in [3.05, 3.63) is 66.2 Å². The second-order valence-electron chi connectivity index (χ2n) is 6.83. The SMILES string of the molecule is CCC(=O)N(C[C@@H]1CCCN(OC(=O)c2ccccc2)C1)c1ccccc1. The normalized spacial score (nSPS) is 17.3. The number of piperidine rings is 1. The van der Waals surface area contributed by atoms with E-state index in [2.05, 4.69) is 0 Å². The predicted octanol–water partition coefficient (Wildman–Crippen LogP) is 3.91. The van der Waals surface area contributed by atoms with Gasteiger partial charge in [0.05, 0.1) is 5.56 Å². The van der Waals surface area contributed by atoms with Crippen LogP contribution in [0.5, 0.6) is 0 Å². The summed E-state index contributed by atoms with van der Waals surface area (Å²) in [5.74, 6) is 0.0402. The number of benzene rings is 2. The lowest BCUT2D eigenvalue weighted by atomic mass is 9.98. The van der Waals surface area contributed by atoms with Gasteiger partial charge in [-0.2, -0.15) is 0 Å². The van der Waals surface area contributed by atoms with Gasteiger partial charge in [-0.05, 0) is 43.0 Å². The topological polar surface area (TPSA) is 49.9 Å². The number of hydrogen-bond donors (Lipinski definition) is 0. The van der Waals surface area contributed by atoms with E-state index in [-0.39, 0.29) is 17.8 Å². The lowest BCUT2D eigenvalue weighted by Crippen LogP contribution is -2.43. The fourth-order valence-corrected chi connectivity index (χ4v) is 3.41. The summed E-state index contributed by atoms with van der Waals surface area (Å²) in [5, 5.41) is 1.74. The highest BCUT2D eigenvalue weighted by Crippen LogP contribution is 2.23. The second-order valence-corrected chi connectivity index (χ2v) is 6.83. The van der Waals surface area contributed by atoms with Crippen molar-refractivity contribution in [2.24, 2.45) is 5.92 Å². The zero-order valence-electron chi connectivity index (χ0n) is 15.7. The molecule has 0 bridgehead atoms. The van der Waals surface area contributed by atoms with Crippen molar-refractivity contribution in [3.8, 4) is 0 Å². The van der Waals surface area contributed by atoms with Crippen LogP contribution in [0.25, 0.3) is 0 Å². The Morgan fingerprint density at radius 3 is 2.41 bits per heavy atom. The van der Waals surface area contributed by atoms with Gasteiger partial charge in [-0.15, -0.1) is 5.06 Å². The molecule has 3 rings (SSSR count). The fourth-order valence-electron chi connectivity index (χ4n) is 3.41. The lowest BCUT2D eigenvalue weighted by Gasteiger charge is -2.34. The van der Waals surface area contributed by atoms with Crippen molar-refractivity contribution >= 4 is 17.6 Å². The third-order valence-corrected chi connectivity index (χ3v) is 4.82. The van der Waals surface area contributed by atoms with Gasteiger partial charge in [-0.1, -0.05) is 43.3 Å². The maximum atomic E-state index is 12.5. The highest BCUT2D eigenvalue weighted by atomic mass is 16.7. The van der Waals surface area contributed by atoms with Gasteiger partial charge in [0.2, 0.25) is 5.91 Å². The summed E-state index contributed by atoms with van der Waals surface area (Å²) >= 11 is 0. The summed E-state index contributed by atoms with van der Waals surface area (Å²) in [5.41, 5.74) is 1.47. The zero-order valence-corrected chi connectivity index (χ0v) is 15.7. The maximum absolute atomic E-state index is 12.5. The summed E-state index contributed by atoms with van der Waals surface area (Å²) in [6, 6.07) is 18.8. The first-order chi connectivity index (χ1) is 13.2. The molecule has 27 heavy (non-hydrogen) atoms. The Labute approximate surface area is 160 Å². The number of anilines is 1. The number of hydrogen-bond acceptors (Lipinski definition) is 4. The first-order valence-electron chi connectivity index (χ1n) is 9.55. The van der Waals surface area contributed by atoms with E-state index in [1.165, 1.54) is 0 Å². The highest BCUT2D eigenvalue weighted by Gasteiger charge is 2.27. The van der Waals surface area contributed by atoms with Crippen LogP contribution in [-0.2, 0) is 9.63 Å². The van der Waals surface area contributed by atoms with E-state index < -0.39 is 0 Å². The van der Waals surface area contributed by atoms with E-state index in [1.807, 2.05) is 60.4 Å². The molecule has 1 aliphatic heterocycles. The van der Waals surface area contributed by atoms with Crippen LogP contribution in [0.1, 0.15) is 36.5 Å². The molecule has 0 saturated carbocycles. The van der Waals surface area contributed by atoms with Gasteiger partial charge in [0.15, 0.2) is 0 Å². The molecule has 1 heterocycles. The van der Waals surface area contributed by atoms with Crippen LogP contribution in [0, 0.1) is 5.92 Å². The van der Waals surface area contributed by atoms with Crippen LogP contribution < -0.4 is 4.90 Å². The largest absolute Gasteiger partial charge is 0.364 e. The molecule has 0 radical (unpaired) electrons. The monoisotopic (exact) mass is 366 g/mol. The van der Waals surface area contributed by atoms with Crippen molar-refractivity contribution in [2.75, 3.05) is 24.5 Å². The highest BCUT2D eigenvalue weighted by molar-refractivity contribution is 5.93. The molecule has 1 atom stereocenters. The number of rotatable bonds is 6. The minimum atomic E-state index is -0.333. The van der Waals surface area contributed by atoms with Crippen LogP contribution in [0.15, 0.2) is 60.7 Å². The molecule has 0 aromatic heterocycles. The van der Waals surface area contributed by atoms with Gasteiger partial charge in [0.1, 0.15) is 0 Å². The molecule has 5 heteroatoms. The standard InChI is InChI=1S/C22H26N2O3/c1-2-21(25)24(20-13-7-4-8-14-20)17-18-10-9-15-23(16-18)27-22(26)19-11-5-3-6-12-19/h3-8,11-14,18H,2,9-10,15-17H2,1H3/t18-/m1/s1. The summed E-state index contributed by atoms with van der Waals surface area (Å²) in [4.78, 5) is 32.2. The molecule has 2 aromatic rings. The number of nitrogens with zero attached hydrogens (tertiary/aromatic N) is 2. The van der Waals surface area contributed by atoms with Gasteiger partial charge in [-0.3, -0.25) is 4.79 Å². The third-order valence-electron chi connectivity index (χ3n) is 4.82. The minimum absolute atomic E-state index is 0.111. The minimum Gasteiger partial charge on any atom is -0.364 e. The molecule has 1 aliphatic rings. The maximum Gasteiger partial charge on any atom is 0.357 e. The molecule has 0 N–H and O–H groups in total. The van der Waals surface area contributed by atoms with E-state index in [0.717, 1.165) is 25.1 Å². The van der Waals surface area contributed by atoms with Crippen LogP contribution in [-0.4, -0.2) is 36.6 Å². The predicted molar refractivity (Wildman–Crippen MR) is 105 cm³/mol. The van der Waals surface area contributed by atoms with E-state index >= 15 is 0 Å². The van der Waals surface area contributed by atoms with E-state index in [9.17, 15) is 9.59 Å². The van der Waals surface area contributed by atoms with Crippen molar-refractivity contribution in [1.29, 1.82) is 0 Å². The lowest BCUT2D eigenvalue weighted by molar-refractivity contribution is -0.131. The first kappa shape index (κ1) is 19.1. The Morgan fingerprint density at radius 1 is 1.07 bits per heavy atom. The third kappa shape index (κ3) is 5.17. The van der Waals surface area contributed by atoms with Gasteiger partial charge < -0.3 is 9.74 Å². The van der Waals surface area contributed by atoms with Crippen molar-refractivity contribution in [1.82, 2.24) is 5.06 Å². The number of carbonyl (C=O) groups is 2. The Morgan fingerprint density at radius 2 is 1.74 bits per heavy atom. The fraction of sp³-hybridized carbons (Fsp3) is 0.364. The Bertz CT molecular complexity index is 749. The molecule has 1 amide bonds. The molecular formula is C22H26N2O3. The van der Waals surface area contributed by atoms with Crippen molar-refractivity contribution in [3.63, 3.8) is 0 Å². The number of hydroxylamine groups is 2. The Hall–Kier alpha value is -2.66. The van der Waals surface area contributed by atoms with Crippen LogP contribution in [0.2, 0.25) is 0 Å². The zero-order chi connectivity index (χ0) is 19.1. The van der Waals surface area contributed by atoms with Gasteiger partial charge in [0, 0.05) is 31.7 Å². The average Bonchev–Trinajstić information content (AvgIpc) is 2.73. The van der Waals surface area contributed by atoms with Gasteiger partial charge in [-0.25, -0.2) is 4.79 Å². The van der Waals surface area contributed by atoms with Crippen LogP contribution >= 0.6 is 0 Å². The molecule has 0 aliphatic carbocycles. The smallest absolute Gasteiger partial charge is 0.357 e.